The molecular weight excluding hydrogens is 374 g/mol. The topological polar surface area (TPSA) is 71.3 Å². The van der Waals surface area contributed by atoms with Crippen molar-refractivity contribution in [2.45, 2.75) is 34.1 Å². The Balaban J connectivity index is 1.79. The average molecular weight is 404 g/mol. The summed E-state index contributed by atoms with van der Waals surface area (Å²) in [4.78, 5) is 17.4. The highest BCUT2D eigenvalue weighted by Gasteiger charge is 2.11. The summed E-state index contributed by atoms with van der Waals surface area (Å²) in [6.45, 7) is 8.61. The lowest BCUT2D eigenvalue weighted by Gasteiger charge is -2.13. The van der Waals surface area contributed by atoms with Gasteiger partial charge < -0.3 is 5.32 Å². The Morgan fingerprint density at radius 3 is 2.37 bits per heavy atom. The van der Waals surface area contributed by atoms with Gasteiger partial charge in [0, 0.05) is 30.5 Å². The Morgan fingerprint density at radius 2 is 1.73 bits per heavy atom. The fraction of sp³-hybridized carbons (Fsp3) is 0.292. The summed E-state index contributed by atoms with van der Waals surface area (Å²) in [5.41, 5.74) is 7.00. The molecular formula is C24H29N5O. The second-order valence-corrected chi connectivity index (χ2v) is 7.57. The number of nitrogens with one attached hydrogen (secondary N) is 2. The van der Waals surface area contributed by atoms with Gasteiger partial charge in [0.15, 0.2) is 0 Å². The van der Waals surface area contributed by atoms with E-state index >= 15 is 0 Å². The molecule has 0 unspecified atom stereocenters. The number of nitrogens with zero attached hydrogens (tertiary/aromatic N) is 3. The molecule has 30 heavy (non-hydrogen) atoms. The molecule has 0 aliphatic rings. The van der Waals surface area contributed by atoms with Gasteiger partial charge in [-0.2, -0.15) is 5.10 Å². The molecule has 0 fully saturated rings. The van der Waals surface area contributed by atoms with E-state index in [4.69, 9.17) is 0 Å². The molecule has 0 atom stereocenters. The van der Waals surface area contributed by atoms with Gasteiger partial charge in [0.25, 0.3) is 5.91 Å². The van der Waals surface area contributed by atoms with Crippen LogP contribution < -0.4 is 10.6 Å². The van der Waals surface area contributed by atoms with Crippen LogP contribution in [0.4, 0.5) is 5.69 Å². The fourth-order valence-electron chi connectivity index (χ4n) is 3.39. The Morgan fingerprint density at radius 1 is 1.03 bits per heavy atom. The summed E-state index contributed by atoms with van der Waals surface area (Å²) in [5.74, 6) is 0.248. The monoisotopic (exact) mass is 403 g/mol. The highest BCUT2D eigenvalue weighted by Crippen LogP contribution is 2.13. The van der Waals surface area contributed by atoms with Crippen molar-refractivity contribution in [2.24, 2.45) is 12.0 Å². The van der Waals surface area contributed by atoms with Gasteiger partial charge in [-0.15, -0.1) is 0 Å². The number of carbonyl (C=O) groups is 1. The summed E-state index contributed by atoms with van der Waals surface area (Å²) in [7, 11) is 1.95. The second kappa shape index (κ2) is 9.39. The third kappa shape index (κ3) is 5.35. The van der Waals surface area contributed by atoms with Crippen molar-refractivity contribution in [2.75, 3.05) is 11.9 Å². The Kier molecular flexibility index (Phi) is 6.67. The molecule has 2 aromatic carbocycles. The molecule has 1 heterocycles. The zero-order chi connectivity index (χ0) is 21.7. The van der Waals surface area contributed by atoms with E-state index in [1.165, 1.54) is 5.56 Å². The number of carbonyl (C=O) groups excluding carboxylic acids is 1. The summed E-state index contributed by atoms with van der Waals surface area (Å²) in [5, 5.41) is 10.6. The molecule has 0 saturated carbocycles. The third-order valence-corrected chi connectivity index (χ3v) is 5.08. The minimum absolute atomic E-state index is 0.189. The van der Waals surface area contributed by atoms with Crippen molar-refractivity contribution in [1.82, 2.24) is 15.1 Å². The molecule has 0 spiro atoms. The van der Waals surface area contributed by atoms with E-state index in [2.05, 4.69) is 27.6 Å². The number of aromatic nitrogens is 2. The molecule has 6 nitrogen and oxygen atoms in total. The molecule has 0 aliphatic carbocycles. The van der Waals surface area contributed by atoms with E-state index in [9.17, 15) is 4.79 Å². The lowest BCUT2D eigenvalue weighted by atomic mass is 10.1. The number of anilines is 1. The van der Waals surface area contributed by atoms with E-state index in [0.717, 1.165) is 34.6 Å². The van der Waals surface area contributed by atoms with Crippen molar-refractivity contribution >= 4 is 17.6 Å². The number of amides is 1. The number of aliphatic imine (C=N–C) groups is 1. The highest BCUT2D eigenvalue weighted by atomic mass is 16.1. The number of benzene rings is 2. The van der Waals surface area contributed by atoms with Crippen LogP contribution in [0, 0.1) is 27.7 Å². The van der Waals surface area contributed by atoms with Crippen molar-refractivity contribution in [3.05, 3.63) is 82.2 Å². The number of aryl methyl sites for hydroxylation is 4. The Hall–Kier alpha value is -3.41. The first-order chi connectivity index (χ1) is 14.3. The molecule has 0 radical (unpaired) electrons. The predicted octanol–water partition coefficient (Wildman–Crippen LogP) is 4.09. The van der Waals surface area contributed by atoms with E-state index in [0.29, 0.717) is 18.1 Å². The van der Waals surface area contributed by atoms with Crippen molar-refractivity contribution in [3.63, 3.8) is 0 Å². The van der Waals surface area contributed by atoms with Gasteiger partial charge in [0.2, 0.25) is 5.96 Å². The van der Waals surface area contributed by atoms with Crippen LogP contribution >= 0.6 is 0 Å². The third-order valence-electron chi connectivity index (χ3n) is 5.08. The molecule has 1 amide bonds. The normalized spacial score (nSPS) is 11.4. The summed E-state index contributed by atoms with van der Waals surface area (Å²) < 4.78 is 1.89. The Labute approximate surface area is 178 Å². The van der Waals surface area contributed by atoms with Crippen LogP contribution in [0.1, 0.15) is 38.4 Å². The minimum atomic E-state index is -0.189. The van der Waals surface area contributed by atoms with E-state index in [1.807, 2.05) is 75.0 Å². The van der Waals surface area contributed by atoms with Crippen LogP contribution in [0.2, 0.25) is 0 Å². The van der Waals surface area contributed by atoms with Crippen molar-refractivity contribution < 1.29 is 4.79 Å². The van der Waals surface area contributed by atoms with Gasteiger partial charge in [-0.3, -0.25) is 19.8 Å². The predicted molar refractivity (Wildman–Crippen MR) is 122 cm³/mol. The fourth-order valence-corrected chi connectivity index (χ4v) is 3.39. The largest absolute Gasteiger partial charge is 0.326 e. The van der Waals surface area contributed by atoms with E-state index in [1.54, 1.807) is 6.07 Å². The molecule has 1 aromatic heterocycles. The van der Waals surface area contributed by atoms with E-state index < -0.39 is 0 Å². The SMILES string of the molecule is Cc1cccc(NC(=NCCc2c(C)nn(C)c2C)NC(=O)c2cccc(C)c2)c1. The molecule has 2 N–H and O–H groups in total. The van der Waals surface area contributed by atoms with Gasteiger partial charge in [0.1, 0.15) is 0 Å². The number of guanidine groups is 1. The number of hydrogen-bond acceptors (Lipinski definition) is 3. The zero-order valence-corrected chi connectivity index (χ0v) is 18.3. The summed E-state index contributed by atoms with van der Waals surface area (Å²) >= 11 is 0. The van der Waals surface area contributed by atoms with Crippen molar-refractivity contribution in [3.8, 4) is 0 Å². The minimum Gasteiger partial charge on any atom is -0.326 e. The molecule has 3 rings (SSSR count). The summed E-state index contributed by atoms with van der Waals surface area (Å²) in [6, 6.07) is 15.5. The van der Waals surface area contributed by atoms with Gasteiger partial charge in [-0.1, -0.05) is 29.8 Å². The first-order valence-electron chi connectivity index (χ1n) is 10.1. The smallest absolute Gasteiger partial charge is 0.257 e. The quantitative estimate of drug-likeness (QED) is 0.498. The first-order valence-corrected chi connectivity index (χ1v) is 10.1. The van der Waals surface area contributed by atoms with Crippen LogP contribution in [0.3, 0.4) is 0 Å². The highest BCUT2D eigenvalue weighted by molar-refractivity contribution is 6.10. The van der Waals surface area contributed by atoms with Crippen LogP contribution in [0.5, 0.6) is 0 Å². The maximum Gasteiger partial charge on any atom is 0.257 e. The van der Waals surface area contributed by atoms with Crippen LogP contribution in [-0.4, -0.2) is 28.2 Å². The van der Waals surface area contributed by atoms with Crippen LogP contribution in [0.25, 0.3) is 0 Å². The lowest BCUT2D eigenvalue weighted by Crippen LogP contribution is -2.36. The van der Waals surface area contributed by atoms with Gasteiger partial charge in [-0.05, 0) is 69.5 Å². The molecule has 156 valence electrons. The maximum atomic E-state index is 12.8. The van der Waals surface area contributed by atoms with Gasteiger partial charge >= 0.3 is 0 Å². The van der Waals surface area contributed by atoms with Crippen molar-refractivity contribution in [1.29, 1.82) is 0 Å². The van der Waals surface area contributed by atoms with Crippen LogP contribution in [-0.2, 0) is 13.5 Å². The second-order valence-electron chi connectivity index (χ2n) is 7.57. The molecule has 0 aliphatic heterocycles. The molecule has 0 bridgehead atoms. The zero-order valence-electron chi connectivity index (χ0n) is 18.3. The van der Waals surface area contributed by atoms with Gasteiger partial charge in [-0.25, -0.2) is 0 Å². The Bertz CT molecular complexity index is 1080. The van der Waals surface area contributed by atoms with Gasteiger partial charge in [0.05, 0.1) is 5.69 Å². The maximum absolute atomic E-state index is 12.8. The lowest BCUT2D eigenvalue weighted by molar-refractivity contribution is 0.0977. The standard InChI is InChI=1S/C24H29N5O/c1-16-8-6-10-20(14-16)23(30)27-24(26-21-11-7-9-17(2)15-21)25-13-12-22-18(3)28-29(5)19(22)4/h6-11,14-15H,12-13H2,1-5H3,(H2,25,26,27,30). The molecule has 6 heteroatoms. The summed E-state index contributed by atoms with van der Waals surface area (Å²) in [6.07, 6.45) is 0.755. The first kappa shape index (κ1) is 21.3. The molecule has 0 saturated heterocycles. The average Bonchev–Trinajstić information content (AvgIpc) is 2.94. The molecule has 3 aromatic rings. The van der Waals surface area contributed by atoms with Crippen LogP contribution in [0.15, 0.2) is 53.5 Å². The number of rotatable bonds is 5. The number of hydrogen-bond donors (Lipinski definition) is 2. The van der Waals surface area contributed by atoms with E-state index in [-0.39, 0.29) is 5.91 Å².